The van der Waals surface area contributed by atoms with Gasteiger partial charge in [0.1, 0.15) is 11.5 Å². The predicted molar refractivity (Wildman–Crippen MR) is 86.3 cm³/mol. The third kappa shape index (κ3) is 4.54. The van der Waals surface area contributed by atoms with Crippen LogP contribution in [0.2, 0.25) is 0 Å². The van der Waals surface area contributed by atoms with Gasteiger partial charge in [-0.2, -0.15) is 0 Å². The number of methoxy groups -OCH3 is 1. The van der Waals surface area contributed by atoms with E-state index in [4.69, 9.17) is 14.9 Å². The van der Waals surface area contributed by atoms with Crippen LogP contribution in [0.3, 0.4) is 0 Å². The van der Waals surface area contributed by atoms with Crippen molar-refractivity contribution < 1.29 is 22.7 Å². The number of carbonyl (C=O) groups is 1. The summed E-state index contributed by atoms with van der Waals surface area (Å²) in [4.78, 5) is 13.5. The normalized spacial score (nSPS) is 10.7. The highest BCUT2D eigenvalue weighted by Gasteiger charge is 2.18. The molecule has 0 bridgehead atoms. The first-order valence-corrected chi connectivity index (χ1v) is 8.18. The number of hydrazine groups is 1. The van der Waals surface area contributed by atoms with Gasteiger partial charge in [0, 0.05) is 0 Å². The van der Waals surface area contributed by atoms with Gasteiger partial charge in [-0.3, -0.25) is 15.6 Å². The Labute approximate surface area is 138 Å². The van der Waals surface area contributed by atoms with Crippen LogP contribution in [0.5, 0.6) is 11.5 Å². The lowest BCUT2D eigenvalue weighted by atomic mass is 10.3. The van der Waals surface area contributed by atoms with Crippen LogP contribution in [0.15, 0.2) is 59.5 Å². The standard InChI is InChI=1S/C15H15N3O5S/c1-22-11-7-9-13(10-8-11)24(20,21)18-17-15(19)14(16)23-12-5-3-2-4-6-12/h2-10,16,18H,1H3,(H,17,19). The Bertz CT molecular complexity index is 820. The van der Waals surface area contributed by atoms with E-state index in [9.17, 15) is 13.2 Å². The number of sulfonamides is 1. The number of ether oxygens (including phenoxy) is 2. The van der Waals surface area contributed by atoms with Gasteiger partial charge in [0.2, 0.25) is 0 Å². The molecule has 0 atom stereocenters. The van der Waals surface area contributed by atoms with Gasteiger partial charge in [-0.25, -0.2) is 8.42 Å². The Morgan fingerprint density at radius 1 is 1.00 bits per heavy atom. The van der Waals surface area contributed by atoms with Crippen LogP contribution in [0.4, 0.5) is 0 Å². The van der Waals surface area contributed by atoms with E-state index in [1.165, 1.54) is 31.4 Å². The van der Waals surface area contributed by atoms with E-state index in [2.05, 4.69) is 0 Å². The van der Waals surface area contributed by atoms with Gasteiger partial charge >= 0.3 is 5.91 Å². The van der Waals surface area contributed by atoms with E-state index in [1.807, 2.05) is 10.3 Å². The number of rotatable bonds is 5. The van der Waals surface area contributed by atoms with E-state index in [0.717, 1.165) is 0 Å². The monoisotopic (exact) mass is 349 g/mol. The molecule has 0 aliphatic carbocycles. The lowest BCUT2D eigenvalue weighted by molar-refractivity contribution is -0.116. The number of para-hydroxylation sites is 1. The molecule has 0 aliphatic rings. The minimum atomic E-state index is -3.98. The Hall–Kier alpha value is -2.91. The molecular formula is C15H15N3O5S. The molecule has 8 nitrogen and oxygen atoms in total. The van der Waals surface area contributed by atoms with Gasteiger partial charge < -0.3 is 9.47 Å². The van der Waals surface area contributed by atoms with E-state index < -0.39 is 21.8 Å². The molecule has 2 aromatic carbocycles. The highest BCUT2D eigenvalue weighted by molar-refractivity contribution is 7.89. The molecule has 1 amide bonds. The smallest absolute Gasteiger partial charge is 0.321 e. The molecule has 0 fully saturated rings. The fourth-order valence-electron chi connectivity index (χ4n) is 1.64. The van der Waals surface area contributed by atoms with Crippen molar-refractivity contribution in [1.29, 1.82) is 5.41 Å². The number of carbonyl (C=O) groups excluding carboxylic acids is 1. The topological polar surface area (TPSA) is 118 Å². The number of amides is 1. The summed E-state index contributed by atoms with van der Waals surface area (Å²) in [5, 5.41) is 7.51. The first-order chi connectivity index (χ1) is 11.4. The molecular weight excluding hydrogens is 334 g/mol. The first kappa shape index (κ1) is 17.4. The summed E-state index contributed by atoms with van der Waals surface area (Å²) in [5.74, 6) is -0.999. The van der Waals surface area contributed by atoms with Crippen molar-refractivity contribution in [2.75, 3.05) is 7.11 Å². The van der Waals surface area contributed by atoms with Crippen LogP contribution in [-0.2, 0) is 14.8 Å². The number of benzene rings is 2. The SMILES string of the molecule is COc1ccc(S(=O)(=O)NNC(=O)C(=N)Oc2ccccc2)cc1. The average molecular weight is 349 g/mol. The van der Waals surface area contributed by atoms with Crippen LogP contribution in [-0.4, -0.2) is 27.3 Å². The summed E-state index contributed by atoms with van der Waals surface area (Å²) >= 11 is 0. The molecule has 0 aromatic heterocycles. The Morgan fingerprint density at radius 3 is 2.21 bits per heavy atom. The van der Waals surface area contributed by atoms with Gasteiger partial charge in [0.05, 0.1) is 12.0 Å². The Morgan fingerprint density at radius 2 is 1.62 bits per heavy atom. The second-order valence-corrected chi connectivity index (χ2v) is 6.16. The lowest BCUT2D eigenvalue weighted by Crippen LogP contribution is -2.45. The van der Waals surface area contributed by atoms with Crippen molar-refractivity contribution in [3.63, 3.8) is 0 Å². The molecule has 2 aromatic rings. The van der Waals surface area contributed by atoms with E-state index in [0.29, 0.717) is 5.75 Å². The maximum Gasteiger partial charge on any atom is 0.321 e. The molecule has 24 heavy (non-hydrogen) atoms. The van der Waals surface area contributed by atoms with Crippen molar-refractivity contribution in [3.05, 3.63) is 54.6 Å². The molecule has 126 valence electrons. The quantitative estimate of drug-likeness (QED) is 0.424. The predicted octanol–water partition coefficient (Wildman–Crippen LogP) is 1.06. The zero-order valence-corrected chi connectivity index (χ0v) is 13.5. The maximum absolute atomic E-state index is 12.0. The van der Waals surface area contributed by atoms with Crippen LogP contribution in [0, 0.1) is 5.41 Å². The van der Waals surface area contributed by atoms with Gasteiger partial charge in [0.15, 0.2) is 0 Å². The molecule has 3 N–H and O–H groups in total. The molecule has 0 unspecified atom stereocenters. The first-order valence-electron chi connectivity index (χ1n) is 6.70. The van der Waals surface area contributed by atoms with Crippen molar-refractivity contribution in [1.82, 2.24) is 10.3 Å². The van der Waals surface area contributed by atoms with Crippen molar-refractivity contribution in [3.8, 4) is 11.5 Å². The molecule has 0 saturated heterocycles. The van der Waals surface area contributed by atoms with Crippen molar-refractivity contribution in [2.24, 2.45) is 0 Å². The Kier molecular flexibility index (Phi) is 5.51. The summed E-state index contributed by atoms with van der Waals surface area (Å²) < 4.78 is 34.0. The minimum absolute atomic E-state index is 0.0703. The summed E-state index contributed by atoms with van der Waals surface area (Å²) in [7, 11) is -2.52. The fraction of sp³-hybridized carbons (Fsp3) is 0.0667. The highest BCUT2D eigenvalue weighted by atomic mass is 32.2. The summed E-state index contributed by atoms with van der Waals surface area (Å²) in [6.07, 6.45) is 0. The fourth-order valence-corrected chi connectivity index (χ4v) is 2.48. The summed E-state index contributed by atoms with van der Waals surface area (Å²) in [5.41, 5.74) is 1.91. The number of hydrogen-bond donors (Lipinski definition) is 3. The lowest BCUT2D eigenvalue weighted by Gasteiger charge is -2.10. The van der Waals surface area contributed by atoms with Gasteiger partial charge in [-0.1, -0.05) is 18.2 Å². The maximum atomic E-state index is 12.0. The van der Waals surface area contributed by atoms with E-state index >= 15 is 0 Å². The molecule has 0 saturated carbocycles. The second-order valence-electron chi connectivity index (χ2n) is 4.48. The minimum Gasteiger partial charge on any atom is -0.497 e. The van der Waals surface area contributed by atoms with Gasteiger partial charge in [-0.15, -0.1) is 4.83 Å². The third-order valence-corrected chi connectivity index (χ3v) is 4.10. The van der Waals surface area contributed by atoms with E-state index in [1.54, 1.807) is 30.3 Å². The molecule has 2 rings (SSSR count). The second kappa shape index (κ2) is 7.57. The number of hydrogen-bond acceptors (Lipinski definition) is 6. The van der Waals surface area contributed by atoms with Gasteiger partial charge in [0.25, 0.3) is 15.9 Å². The highest BCUT2D eigenvalue weighted by Crippen LogP contribution is 2.14. The van der Waals surface area contributed by atoms with Crippen LogP contribution in [0.25, 0.3) is 0 Å². The van der Waals surface area contributed by atoms with Crippen LogP contribution < -0.4 is 19.7 Å². The zero-order valence-electron chi connectivity index (χ0n) is 12.6. The number of nitrogens with one attached hydrogen (secondary N) is 3. The average Bonchev–Trinajstić information content (AvgIpc) is 2.60. The zero-order chi connectivity index (χ0) is 17.6. The molecule has 9 heteroatoms. The summed E-state index contributed by atoms with van der Waals surface area (Å²) in [6.45, 7) is 0. The van der Waals surface area contributed by atoms with Crippen molar-refractivity contribution >= 4 is 21.8 Å². The van der Waals surface area contributed by atoms with Crippen molar-refractivity contribution in [2.45, 2.75) is 4.90 Å². The van der Waals surface area contributed by atoms with Crippen LogP contribution in [0.1, 0.15) is 0 Å². The molecule has 0 radical (unpaired) electrons. The van der Waals surface area contributed by atoms with Gasteiger partial charge in [-0.05, 0) is 36.4 Å². The Balaban J connectivity index is 1.95. The molecule has 0 spiro atoms. The molecule has 0 aliphatic heterocycles. The largest absolute Gasteiger partial charge is 0.497 e. The third-order valence-electron chi connectivity index (χ3n) is 2.84. The summed E-state index contributed by atoms with van der Waals surface area (Å²) in [6, 6.07) is 13.8. The molecule has 0 heterocycles. The van der Waals surface area contributed by atoms with Crippen LogP contribution >= 0.6 is 0 Å². The van der Waals surface area contributed by atoms with E-state index in [-0.39, 0.29) is 10.6 Å².